The van der Waals surface area contributed by atoms with Crippen LogP contribution >= 0.6 is 0 Å². The first-order valence-electron chi connectivity index (χ1n) is 6.39. The lowest BCUT2D eigenvalue weighted by Gasteiger charge is -2.23. The summed E-state index contributed by atoms with van der Waals surface area (Å²) in [7, 11) is 0. The number of fused-ring (bicyclic) bond motifs is 3. The van der Waals surface area contributed by atoms with Gasteiger partial charge in [0.15, 0.2) is 0 Å². The summed E-state index contributed by atoms with van der Waals surface area (Å²) in [6, 6.07) is 14.4. The van der Waals surface area contributed by atoms with E-state index in [1.807, 2.05) is 24.3 Å². The van der Waals surface area contributed by atoms with Gasteiger partial charge in [0.1, 0.15) is 6.61 Å². The number of aliphatic hydroxyl groups excluding tert-OH is 1. The van der Waals surface area contributed by atoms with E-state index < -0.39 is 11.6 Å². The number of hydrogen-bond acceptors (Lipinski definition) is 4. The quantitative estimate of drug-likeness (QED) is 0.828. The summed E-state index contributed by atoms with van der Waals surface area (Å²) in [5.74, 6) is -0.760. The van der Waals surface area contributed by atoms with Crippen molar-refractivity contribution in [1.82, 2.24) is 0 Å². The number of aliphatic hydroxyl groups is 2. The molecule has 0 radical (unpaired) electrons. The van der Waals surface area contributed by atoms with Crippen molar-refractivity contribution >= 4 is 5.97 Å². The number of benzene rings is 2. The molecule has 0 saturated heterocycles. The first-order valence-corrected chi connectivity index (χ1v) is 6.39. The van der Waals surface area contributed by atoms with Crippen LogP contribution in [0.1, 0.15) is 11.1 Å². The van der Waals surface area contributed by atoms with Crippen molar-refractivity contribution in [3.05, 3.63) is 59.7 Å². The molecule has 0 heterocycles. The van der Waals surface area contributed by atoms with Crippen molar-refractivity contribution in [2.75, 3.05) is 13.2 Å². The zero-order valence-corrected chi connectivity index (χ0v) is 10.7. The minimum atomic E-state index is -1.80. The van der Waals surface area contributed by atoms with Crippen molar-refractivity contribution < 1.29 is 19.7 Å². The molecule has 0 atom stereocenters. The van der Waals surface area contributed by atoms with Crippen molar-refractivity contribution in [1.29, 1.82) is 0 Å². The molecule has 1 aliphatic carbocycles. The lowest BCUT2D eigenvalue weighted by Crippen LogP contribution is -2.37. The molecule has 0 spiro atoms. The molecule has 20 heavy (non-hydrogen) atoms. The van der Waals surface area contributed by atoms with Crippen LogP contribution in [0.25, 0.3) is 11.1 Å². The fourth-order valence-electron chi connectivity index (χ4n) is 2.67. The van der Waals surface area contributed by atoms with Crippen LogP contribution in [0.3, 0.4) is 0 Å². The maximum absolute atomic E-state index is 12.3. The summed E-state index contributed by atoms with van der Waals surface area (Å²) in [6.07, 6.45) is 0. The molecule has 2 aromatic rings. The molecule has 2 N–H and O–H groups in total. The topological polar surface area (TPSA) is 66.8 Å². The van der Waals surface area contributed by atoms with Gasteiger partial charge < -0.3 is 14.9 Å². The van der Waals surface area contributed by atoms with E-state index in [1.165, 1.54) is 0 Å². The Kier molecular flexibility index (Phi) is 3.04. The van der Waals surface area contributed by atoms with E-state index in [-0.39, 0.29) is 13.2 Å². The van der Waals surface area contributed by atoms with Crippen LogP contribution in [0.15, 0.2) is 48.5 Å². The van der Waals surface area contributed by atoms with E-state index in [4.69, 9.17) is 9.84 Å². The van der Waals surface area contributed by atoms with Crippen LogP contribution in [0, 0.1) is 0 Å². The molecule has 102 valence electrons. The molecule has 4 heteroatoms. The monoisotopic (exact) mass is 270 g/mol. The number of esters is 1. The minimum absolute atomic E-state index is 0.133. The van der Waals surface area contributed by atoms with Crippen LogP contribution in [-0.4, -0.2) is 29.4 Å². The van der Waals surface area contributed by atoms with Gasteiger partial charge in [-0.2, -0.15) is 0 Å². The molecule has 4 nitrogen and oxygen atoms in total. The lowest BCUT2D eigenvalue weighted by atomic mass is 9.91. The summed E-state index contributed by atoms with van der Waals surface area (Å²) in [6.45, 7) is -0.406. The van der Waals surface area contributed by atoms with Gasteiger partial charge in [-0.15, -0.1) is 0 Å². The largest absolute Gasteiger partial charge is 0.461 e. The fraction of sp³-hybridized carbons (Fsp3) is 0.188. The van der Waals surface area contributed by atoms with Gasteiger partial charge in [-0.3, -0.25) is 0 Å². The van der Waals surface area contributed by atoms with Crippen LogP contribution < -0.4 is 0 Å². The Labute approximate surface area is 116 Å². The molecule has 0 unspecified atom stereocenters. The third kappa shape index (κ3) is 1.66. The van der Waals surface area contributed by atoms with Gasteiger partial charge in [0, 0.05) is 11.1 Å². The van der Waals surface area contributed by atoms with Gasteiger partial charge in [0.2, 0.25) is 5.60 Å². The van der Waals surface area contributed by atoms with E-state index >= 15 is 0 Å². The minimum Gasteiger partial charge on any atom is -0.461 e. The highest BCUT2D eigenvalue weighted by Crippen LogP contribution is 2.47. The Hall–Kier alpha value is -2.17. The normalized spacial score (nSPS) is 14.5. The highest BCUT2D eigenvalue weighted by molar-refractivity contribution is 5.96. The summed E-state index contributed by atoms with van der Waals surface area (Å²) in [5, 5.41) is 19.7. The SMILES string of the molecule is O=C(OCCO)C1(O)c2ccccc2-c2ccccc21. The molecule has 2 aromatic carbocycles. The molecule has 0 saturated carbocycles. The van der Waals surface area contributed by atoms with E-state index in [1.54, 1.807) is 24.3 Å². The predicted molar refractivity (Wildman–Crippen MR) is 72.9 cm³/mol. The highest BCUT2D eigenvalue weighted by atomic mass is 16.6. The van der Waals surface area contributed by atoms with Gasteiger partial charge in [0.25, 0.3) is 0 Å². The second-order valence-electron chi connectivity index (χ2n) is 4.66. The molecule has 0 aromatic heterocycles. The van der Waals surface area contributed by atoms with E-state index in [0.29, 0.717) is 11.1 Å². The molecule has 3 rings (SSSR count). The summed E-state index contributed by atoms with van der Waals surface area (Å²) >= 11 is 0. The van der Waals surface area contributed by atoms with Gasteiger partial charge in [0.05, 0.1) is 6.61 Å². The van der Waals surface area contributed by atoms with E-state index in [0.717, 1.165) is 11.1 Å². The van der Waals surface area contributed by atoms with Gasteiger partial charge in [-0.25, -0.2) is 4.79 Å². The number of rotatable bonds is 3. The Balaban J connectivity index is 2.18. The Morgan fingerprint density at radius 2 is 1.50 bits per heavy atom. The number of carbonyl (C=O) groups is 1. The first-order chi connectivity index (χ1) is 9.69. The van der Waals surface area contributed by atoms with Crippen molar-refractivity contribution in [3.63, 3.8) is 0 Å². The maximum atomic E-state index is 12.3. The third-order valence-electron chi connectivity index (χ3n) is 3.54. The first kappa shape index (κ1) is 12.8. The van der Waals surface area contributed by atoms with Crippen LogP contribution in [0.5, 0.6) is 0 Å². The van der Waals surface area contributed by atoms with Crippen LogP contribution in [0.2, 0.25) is 0 Å². The van der Waals surface area contributed by atoms with Gasteiger partial charge in [-0.1, -0.05) is 48.5 Å². The molecule has 0 bridgehead atoms. The van der Waals surface area contributed by atoms with Gasteiger partial charge in [-0.05, 0) is 11.1 Å². The average molecular weight is 270 g/mol. The Morgan fingerprint density at radius 1 is 1.00 bits per heavy atom. The van der Waals surface area contributed by atoms with Crippen molar-refractivity contribution in [3.8, 4) is 11.1 Å². The van der Waals surface area contributed by atoms with E-state index in [2.05, 4.69) is 0 Å². The van der Waals surface area contributed by atoms with Gasteiger partial charge >= 0.3 is 5.97 Å². The number of ether oxygens (including phenoxy) is 1. The van der Waals surface area contributed by atoms with Crippen LogP contribution in [0.4, 0.5) is 0 Å². The predicted octanol–water partition coefficient (Wildman–Crippen LogP) is 1.44. The average Bonchev–Trinajstić information content (AvgIpc) is 2.77. The summed E-state index contributed by atoms with van der Waals surface area (Å²) in [4.78, 5) is 12.3. The smallest absolute Gasteiger partial charge is 0.347 e. The highest BCUT2D eigenvalue weighted by Gasteiger charge is 2.48. The second kappa shape index (κ2) is 4.74. The molecule has 0 fully saturated rings. The zero-order valence-electron chi connectivity index (χ0n) is 10.7. The Morgan fingerprint density at radius 3 is 2.00 bits per heavy atom. The molecule has 0 aliphatic heterocycles. The Bertz CT molecular complexity index is 618. The standard InChI is InChI=1S/C16H14O4/c17-9-10-20-15(18)16(19)13-7-3-1-5-11(13)12-6-2-4-8-14(12)16/h1-8,17,19H,9-10H2. The second-order valence-corrected chi connectivity index (χ2v) is 4.66. The van der Waals surface area contributed by atoms with E-state index in [9.17, 15) is 9.90 Å². The molecule has 0 amide bonds. The summed E-state index contributed by atoms with van der Waals surface area (Å²) < 4.78 is 4.95. The molecular formula is C16H14O4. The fourth-order valence-corrected chi connectivity index (χ4v) is 2.67. The van der Waals surface area contributed by atoms with Crippen molar-refractivity contribution in [2.45, 2.75) is 5.60 Å². The molecule has 1 aliphatic rings. The van der Waals surface area contributed by atoms with Crippen LogP contribution in [-0.2, 0) is 15.1 Å². The number of carbonyl (C=O) groups excluding carboxylic acids is 1. The third-order valence-corrected chi connectivity index (χ3v) is 3.54. The zero-order chi connectivity index (χ0) is 14.2. The van der Waals surface area contributed by atoms with Crippen molar-refractivity contribution in [2.24, 2.45) is 0 Å². The maximum Gasteiger partial charge on any atom is 0.347 e. The summed E-state index contributed by atoms with van der Waals surface area (Å²) in [5.41, 5.74) is 0.883. The molecular weight excluding hydrogens is 256 g/mol. The lowest BCUT2D eigenvalue weighted by molar-refractivity contribution is -0.162. The number of hydrogen-bond donors (Lipinski definition) is 2.